The van der Waals surface area contributed by atoms with Crippen molar-refractivity contribution in [1.29, 1.82) is 0 Å². The number of para-hydroxylation sites is 1. The maximum atomic E-state index is 14.4. The molecule has 0 aromatic heterocycles. The van der Waals surface area contributed by atoms with Gasteiger partial charge in [0.25, 0.3) is 5.91 Å². The normalized spacial score (nSPS) is 11.4. The SMILES string of the molecule is CN(C)S(=O)(=O)N(Cc1ccc(C(=O)Nc2ccc(Br)cc2)cc1)c1ccccc1F. The van der Waals surface area contributed by atoms with E-state index in [9.17, 15) is 17.6 Å². The zero-order chi connectivity index (χ0) is 22.6. The molecule has 0 saturated carbocycles. The van der Waals surface area contributed by atoms with Gasteiger partial charge in [-0.2, -0.15) is 12.7 Å². The molecule has 31 heavy (non-hydrogen) atoms. The number of hydrogen-bond acceptors (Lipinski definition) is 3. The zero-order valence-corrected chi connectivity index (χ0v) is 19.3. The number of carbonyl (C=O) groups is 1. The topological polar surface area (TPSA) is 69.7 Å². The molecule has 3 aromatic rings. The summed E-state index contributed by atoms with van der Waals surface area (Å²) in [7, 11) is -1.16. The molecule has 0 fully saturated rings. The van der Waals surface area contributed by atoms with Crippen molar-refractivity contribution < 1.29 is 17.6 Å². The summed E-state index contributed by atoms with van der Waals surface area (Å²) in [6.45, 7) is -0.0872. The summed E-state index contributed by atoms with van der Waals surface area (Å²) in [5, 5.41) is 2.80. The van der Waals surface area contributed by atoms with E-state index < -0.39 is 16.0 Å². The lowest BCUT2D eigenvalue weighted by molar-refractivity contribution is 0.102. The minimum absolute atomic E-state index is 0.0479. The number of rotatable bonds is 7. The smallest absolute Gasteiger partial charge is 0.303 e. The van der Waals surface area contributed by atoms with Crippen LogP contribution in [0.3, 0.4) is 0 Å². The second-order valence-corrected chi connectivity index (χ2v) is 9.89. The molecule has 0 heterocycles. The van der Waals surface area contributed by atoms with Crippen LogP contribution in [0.2, 0.25) is 0 Å². The van der Waals surface area contributed by atoms with Crippen molar-refractivity contribution in [2.24, 2.45) is 0 Å². The van der Waals surface area contributed by atoms with Crippen molar-refractivity contribution in [2.75, 3.05) is 23.7 Å². The molecule has 3 rings (SSSR count). The van der Waals surface area contributed by atoms with E-state index in [-0.39, 0.29) is 18.1 Å². The first-order valence-corrected chi connectivity index (χ1v) is 11.5. The lowest BCUT2D eigenvalue weighted by Gasteiger charge is -2.27. The summed E-state index contributed by atoms with van der Waals surface area (Å²) in [6, 6.07) is 19.4. The van der Waals surface area contributed by atoms with Gasteiger partial charge in [0.05, 0.1) is 12.2 Å². The molecule has 0 saturated heterocycles. The predicted molar refractivity (Wildman–Crippen MR) is 124 cm³/mol. The van der Waals surface area contributed by atoms with Gasteiger partial charge >= 0.3 is 10.2 Å². The monoisotopic (exact) mass is 505 g/mol. The maximum absolute atomic E-state index is 14.4. The Labute approximate surface area is 189 Å². The average molecular weight is 506 g/mol. The number of benzene rings is 3. The summed E-state index contributed by atoms with van der Waals surface area (Å²) in [6.07, 6.45) is 0. The van der Waals surface area contributed by atoms with Gasteiger partial charge in [-0.05, 0) is 54.1 Å². The molecule has 1 amide bonds. The number of hydrogen-bond donors (Lipinski definition) is 1. The van der Waals surface area contributed by atoms with Crippen LogP contribution in [-0.2, 0) is 16.8 Å². The fraction of sp³-hybridized carbons (Fsp3) is 0.136. The van der Waals surface area contributed by atoms with Crippen LogP contribution in [0.15, 0.2) is 77.3 Å². The molecule has 6 nitrogen and oxygen atoms in total. The van der Waals surface area contributed by atoms with Crippen molar-refractivity contribution in [2.45, 2.75) is 6.54 Å². The second kappa shape index (κ2) is 9.59. The summed E-state index contributed by atoms with van der Waals surface area (Å²) < 4.78 is 42.9. The van der Waals surface area contributed by atoms with E-state index in [4.69, 9.17) is 0 Å². The molecular formula is C22H21BrFN3O3S. The summed E-state index contributed by atoms with van der Waals surface area (Å²) >= 11 is 3.34. The summed E-state index contributed by atoms with van der Waals surface area (Å²) in [5.41, 5.74) is 1.63. The molecule has 162 valence electrons. The van der Waals surface area contributed by atoms with Crippen LogP contribution in [0.25, 0.3) is 0 Å². The molecule has 0 aliphatic carbocycles. The van der Waals surface area contributed by atoms with Gasteiger partial charge in [0.15, 0.2) is 0 Å². The van der Waals surface area contributed by atoms with Crippen LogP contribution in [0.4, 0.5) is 15.8 Å². The molecule has 0 unspecified atom stereocenters. The van der Waals surface area contributed by atoms with Gasteiger partial charge in [-0.3, -0.25) is 9.10 Å². The predicted octanol–water partition coefficient (Wildman–Crippen LogP) is 4.65. The van der Waals surface area contributed by atoms with Gasteiger partial charge < -0.3 is 5.32 Å². The van der Waals surface area contributed by atoms with Gasteiger partial charge in [-0.15, -0.1) is 0 Å². The van der Waals surface area contributed by atoms with E-state index in [1.807, 2.05) is 12.1 Å². The first kappa shape index (κ1) is 22.9. The molecule has 1 N–H and O–H groups in total. The molecule has 0 bridgehead atoms. The lowest BCUT2D eigenvalue weighted by atomic mass is 10.1. The molecule has 0 aliphatic heterocycles. The van der Waals surface area contributed by atoms with Crippen molar-refractivity contribution in [3.8, 4) is 0 Å². The number of anilines is 2. The molecule has 0 radical (unpaired) electrons. The Bertz CT molecular complexity index is 1170. The first-order chi connectivity index (χ1) is 14.7. The Kier molecular flexibility index (Phi) is 7.09. The lowest BCUT2D eigenvalue weighted by Crippen LogP contribution is -2.40. The third-order valence-corrected chi connectivity index (χ3v) is 6.84. The van der Waals surface area contributed by atoms with Crippen LogP contribution in [0.5, 0.6) is 0 Å². The standard InChI is InChI=1S/C22H21BrFN3O3S/c1-26(2)31(29,30)27(21-6-4-3-5-20(21)24)15-16-7-9-17(10-8-16)22(28)25-19-13-11-18(23)12-14-19/h3-14H,15H2,1-2H3,(H,25,28). The highest BCUT2D eigenvalue weighted by atomic mass is 79.9. The number of nitrogens with zero attached hydrogens (tertiary/aromatic N) is 2. The maximum Gasteiger partial charge on any atom is 0.303 e. The summed E-state index contributed by atoms with van der Waals surface area (Å²) in [5.74, 6) is -0.931. The largest absolute Gasteiger partial charge is 0.322 e. The van der Waals surface area contributed by atoms with Crippen LogP contribution in [-0.4, -0.2) is 32.7 Å². The highest BCUT2D eigenvalue weighted by Crippen LogP contribution is 2.25. The van der Waals surface area contributed by atoms with E-state index in [2.05, 4.69) is 21.2 Å². The summed E-state index contributed by atoms with van der Waals surface area (Å²) in [4.78, 5) is 12.5. The minimum atomic E-state index is -3.94. The van der Waals surface area contributed by atoms with Gasteiger partial charge in [0, 0.05) is 29.8 Å². The number of carbonyl (C=O) groups excluding carboxylic acids is 1. The Morgan fingerprint density at radius 1 is 0.968 bits per heavy atom. The second-order valence-electron chi connectivity index (χ2n) is 6.91. The van der Waals surface area contributed by atoms with Crippen molar-refractivity contribution >= 4 is 43.4 Å². The Hall–Kier alpha value is -2.75. The van der Waals surface area contributed by atoms with Gasteiger partial charge in [-0.25, -0.2) is 4.39 Å². The number of halogens is 2. The molecule has 0 aliphatic rings. The minimum Gasteiger partial charge on any atom is -0.322 e. The molecular weight excluding hydrogens is 485 g/mol. The first-order valence-electron chi connectivity index (χ1n) is 9.29. The number of amides is 1. The van der Waals surface area contributed by atoms with Crippen LogP contribution < -0.4 is 9.62 Å². The van der Waals surface area contributed by atoms with E-state index in [1.165, 1.54) is 32.3 Å². The fourth-order valence-electron chi connectivity index (χ4n) is 2.81. The highest BCUT2D eigenvalue weighted by molar-refractivity contribution is 9.10. The molecule has 0 atom stereocenters. The molecule has 0 spiro atoms. The van der Waals surface area contributed by atoms with Crippen LogP contribution >= 0.6 is 15.9 Å². The highest BCUT2D eigenvalue weighted by Gasteiger charge is 2.27. The van der Waals surface area contributed by atoms with E-state index >= 15 is 0 Å². The van der Waals surface area contributed by atoms with Crippen molar-refractivity contribution in [3.05, 3.63) is 94.2 Å². The van der Waals surface area contributed by atoms with Crippen molar-refractivity contribution in [1.82, 2.24) is 4.31 Å². The van der Waals surface area contributed by atoms with E-state index in [1.54, 1.807) is 42.5 Å². The molecule has 3 aromatic carbocycles. The Morgan fingerprint density at radius 3 is 2.16 bits per heavy atom. The third-order valence-electron chi connectivity index (χ3n) is 4.51. The van der Waals surface area contributed by atoms with E-state index in [0.717, 1.165) is 13.1 Å². The molecule has 9 heteroatoms. The quantitative estimate of drug-likeness (QED) is 0.507. The van der Waals surface area contributed by atoms with E-state index in [0.29, 0.717) is 16.8 Å². The number of nitrogens with one attached hydrogen (secondary N) is 1. The van der Waals surface area contributed by atoms with Gasteiger partial charge in [-0.1, -0.05) is 40.2 Å². The Morgan fingerprint density at radius 2 is 1.58 bits per heavy atom. The van der Waals surface area contributed by atoms with Gasteiger partial charge in [0.2, 0.25) is 0 Å². The fourth-order valence-corrected chi connectivity index (χ4v) is 4.17. The zero-order valence-electron chi connectivity index (χ0n) is 16.9. The Balaban J connectivity index is 1.82. The van der Waals surface area contributed by atoms with Gasteiger partial charge in [0.1, 0.15) is 5.82 Å². The van der Waals surface area contributed by atoms with Crippen LogP contribution in [0.1, 0.15) is 15.9 Å². The van der Waals surface area contributed by atoms with Crippen LogP contribution in [0, 0.1) is 5.82 Å². The third kappa shape index (κ3) is 5.49. The average Bonchev–Trinajstić information content (AvgIpc) is 2.74. The van der Waals surface area contributed by atoms with Crippen molar-refractivity contribution in [3.63, 3.8) is 0 Å².